The molecule has 0 radical (unpaired) electrons. The third-order valence-corrected chi connectivity index (χ3v) is 1.77. The van der Waals surface area contributed by atoms with Crippen molar-refractivity contribution >= 4 is 16.9 Å². The fourth-order valence-electron chi connectivity index (χ4n) is 1.13. The summed E-state index contributed by atoms with van der Waals surface area (Å²) in [5, 5.41) is 0. The molecule has 66 valence electrons. The molecule has 0 spiro atoms. The number of hydrogen-bond donors (Lipinski definition) is 1. The van der Waals surface area contributed by atoms with Crippen LogP contribution in [-0.2, 0) is 0 Å². The summed E-state index contributed by atoms with van der Waals surface area (Å²) in [6, 6.07) is 5.49. The first-order chi connectivity index (χ1) is 6.29. The lowest BCUT2D eigenvalue weighted by atomic mass is 10.3. The standard InChI is InChI=1S/C9H9N3O/c1-13-6-2-3-7-8(4-6)12-9(10)5-11-7/h2-5H,1H3,(H2,10,12). The predicted molar refractivity (Wildman–Crippen MR) is 50.5 cm³/mol. The molecule has 0 fully saturated rings. The van der Waals surface area contributed by atoms with E-state index in [4.69, 9.17) is 10.5 Å². The van der Waals surface area contributed by atoms with Gasteiger partial charge in [0.05, 0.1) is 24.3 Å². The lowest BCUT2D eigenvalue weighted by molar-refractivity contribution is 0.415. The maximum Gasteiger partial charge on any atom is 0.142 e. The minimum atomic E-state index is 0.417. The van der Waals surface area contributed by atoms with Crippen molar-refractivity contribution in [2.45, 2.75) is 0 Å². The van der Waals surface area contributed by atoms with Gasteiger partial charge in [-0.15, -0.1) is 0 Å². The highest BCUT2D eigenvalue weighted by molar-refractivity contribution is 5.76. The number of nitrogen functional groups attached to an aromatic ring is 1. The quantitative estimate of drug-likeness (QED) is 0.707. The zero-order valence-electron chi connectivity index (χ0n) is 7.19. The molecular formula is C9H9N3O. The minimum Gasteiger partial charge on any atom is -0.497 e. The summed E-state index contributed by atoms with van der Waals surface area (Å²) < 4.78 is 5.05. The van der Waals surface area contributed by atoms with Crippen LogP contribution in [0.3, 0.4) is 0 Å². The summed E-state index contributed by atoms with van der Waals surface area (Å²) in [4.78, 5) is 8.23. The molecule has 0 aliphatic rings. The normalized spacial score (nSPS) is 10.2. The number of fused-ring (bicyclic) bond motifs is 1. The highest BCUT2D eigenvalue weighted by Crippen LogP contribution is 2.17. The zero-order chi connectivity index (χ0) is 9.26. The minimum absolute atomic E-state index is 0.417. The summed E-state index contributed by atoms with van der Waals surface area (Å²) in [5.41, 5.74) is 7.07. The smallest absolute Gasteiger partial charge is 0.142 e. The molecule has 4 nitrogen and oxygen atoms in total. The van der Waals surface area contributed by atoms with Crippen molar-refractivity contribution in [3.63, 3.8) is 0 Å². The van der Waals surface area contributed by atoms with Crippen LogP contribution >= 0.6 is 0 Å². The first-order valence-corrected chi connectivity index (χ1v) is 3.86. The molecular weight excluding hydrogens is 166 g/mol. The number of nitrogens with two attached hydrogens (primary N) is 1. The second kappa shape index (κ2) is 2.90. The molecule has 2 rings (SSSR count). The number of rotatable bonds is 1. The van der Waals surface area contributed by atoms with Gasteiger partial charge in [-0.05, 0) is 12.1 Å². The molecule has 1 aromatic heterocycles. The van der Waals surface area contributed by atoms with Crippen molar-refractivity contribution in [3.05, 3.63) is 24.4 Å². The molecule has 0 aliphatic heterocycles. The average Bonchev–Trinajstić information content (AvgIpc) is 2.16. The zero-order valence-corrected chi connectivity index (χ0v) is 7.19. The third kappa shape index (κ3) is 1.38. The highest BCUT2D eigenvalue weighted by Gasteiger charge is 1.98. The Bertz CT molecular complexity index is 442. The molecule has 0 atom stereocenters. The van der Waals surface area contributed by atoms with Crippen molar-refractivity contribution in [1.29, 1.82) is 0 Å². The Morgan fingerprint density at radius 3 is 2.92 bits per heavy atom. The fourth-order valence-corrected chi connectivity index (χ4v) is 1.13. The van der Waals surface area contributed by atoms with E-state index in [0.29, 0.717) is 5.82 Å². The Morgan fingerprint density at radius 2 is 2.15 bits per heavy atom. The summed E-state index contributed by atoms with van der Waals surface area (Å²) in [5.74, 6) is 1.17. The first kappa shape index (κ1) is 7.79. The molecule has 0 saturated heterocycles. The lowest BCUT2D eigenvalue weighted by Crippen LogP contribution is -1.92. The van der Waals surface area contributed by atoms with Gasteiger partial charge in [-0.1, -0.05) is 0 Å². The fraction of sp³-hybridized carbons (Fsp3) is 0.111. The molecule has 4 heteroatoms. The summed E-state index contributed by atoms with van der Waals surface area (Å²) >= 11 is 0. The van der Waals surface area contributed by atoms with Gasteiger partial charge in [-0.25, -0.2) is 4.98 Å². The van der Waals surface area contributed by atoms with Gasteiger partial charge < -0.3 is 10.5 Å². The molecule has 1 aromatic carbocycles. The molecule has 2 aromatic rings. The maximum absolute atomic E-state index is 5.50. The Hall–Kier alpha value is -1.84. The van der Waals surface area contributed by atoms with Gasteiger partial charge in [-0.2, -0.15) is 0 Å². The van der Waals surface area contributed by atoms with Gasteiger partial charge in [-0.3, -0.25) is 4.98 Å². The maximum atomic E-state index is 5.50. The lowest BCUT2D eigenvalue weighted by Gasteiger charge is -2.01. The molecule has 0 unspecified atom stereocenters. The van der Waals surface area contributed by atoms with E-state index < -0.39 is 0 Å². The van der Waals surface area contributed by atoms with Crippen LogP contribution in [0.5, 0.6) is 5.75 Å². The predicted octanol–water partition coefficient (Wildman–Crippen LogP) is 1.22. The van der Waals surface area contributed by atoms with Gasteiger partial charge in [0.15, 0.2) is 0 Å². The number of nitrogens with zero attached hydrogens (tertiary/aromatic N) is 2. The van der Waals surface area contributed by atoms with E-state index in [1.807, 2.05) is 12.1 Å². The molecule has 2 N–H and O–H groups in total. The van der Waals surface area contributed by atoms with Crippen LogP contribution in [-0.4, -0.2) is 17.1 Å². The summed E-state index contributed by atoms with van der Waals surface area (Å²) in [6.07, 6.45) is 1.54. The Kier molecular flexibility index (Phi) is 1.73. The van der Waals surface area contributed by atoms with Crippen molar-refractivity contribution < 1.29 is 4.74 Å². The van der Waals surface area contributed by atoms with E-state index in [0.717, 1.165) is 16.8 Å². The number of aromatic nitrogens is 2. The molecule has 0 aliphatic carbocycles. The van der Waals surface area contributed by atoms with E-state index >= 15 is 0 Å². The van der Waals surface area contributed by atoms with Gasteiger partial charge in [0.1, 0.15) is 11.6 Å². The van der Waals surface area contributed by atoms with E-state index in [9.17, 15) is 0 Å². The molecule has 0 bridgehead atoms. The van der Waals surface area contributed by atoms with E-state index in [1.165, 1.54) is 6.20 Å². The van der Waals surface area contributed by atoms with Crippen molar-refractivity contribution in [3.8, 4) is 5.75 Å². The Morgan fingerprint density at radius 1 is 1.31 bits per heavy atom. The topological polar surface area (TPSA) is 61.0 Å². The van der Waals surface area contributed by atoms with Gasteiger partial charge >= 0.3 is 0 Å². The van der Waals surface area contributed by atoms with Crippen LogP contribution in [0.4, 0.5) is 5.82 Å². The monoisotopic (exact) mass is 175 g/mol. The van der Waals surface area contributed by atoms with Crippen LogP contribution in [0, 0.1) is 0 Å². The van der Waals surface area contributed by atoms with E-state index in [2.05, 4.69) is 9.97 Å². The van der Waals surface area contributed by atoms with E-state index in [1.54, 1.807) is 13.2 Å². The van der Waals surface area contributed by atoms with Crippen LogP contribution in [0.25, 0.3) is 11.0 Å². The van der Waals surface area contributed by atoms with Crippen LogP contribution in [0.2, 0.25) is 0 Å². The van der Waals surface area contributed by atoms with Gasteiger partial charge in [0.25, 0.3) is 0 Å². The second-order valence-corrected chi connectivity index (χ2v) is 2.65. The first-order valence-electron chi connectivity index (χ1n) is 3.86. The van der Waals surface area contributed by atoms with Gasteiger partial charge in [0.2, 0.25) is 0 Å². The Balaban J connectivity index is 2.68. The average molecular weight is 175 g/mol. The second-order valence-electron chi connectivity index (χ2n) is 2.65. The Labute approximate surface area is 75.4 Å². The summed E-state index contributed by atoms with van der Waals surface area (Å²) in [7, 11) is 1.61. The number of ether oxygens (including phenoxy) is 1. The van der Waals surface area contributed by atoms with Crippen molar-refractivity contribution in [1.82, 2.24) is 9.97 Å². The van der Waals surface area contributed by atoms with Crippen molar-refractivity contribution in [2.75, 3.05) is 12.8 Å². The summed E-state index contributed by atoms with van der Waals surface area (Å²) in [6.45, 7) is 0. The van der Waals surface area contributed by atoms with Gasteiger partial charge in [0, 0.05) is 6.07 Å². The third-order valence-electron chi connectivity index (χ3n) is 1.77. The number of methoxy groups -OCH3 is 1. The van der Waals surface area contributed by atoms with Crippen LogP contribution in [0.1, 0.15) is 0 Å². The van der Waals surface area contributed by atoms with E-state index in [-0.39, 0.29) is 0 Å². The molecule has 0 saturated carbocycles. The highest BCUT2D eigenvalue weighted by atomic mass is 16.5. The largest absolute Gasteiger partial charge is 0.497 e. The van der Waals surface area contributed by atoms with Crippen LogP contribution < -0.4 is 10.5 Å². The molecule has 0 amide bonds. The molecule has 13 heavy (non-hydrogen) atoms. The molecule has 1 heterocycles. The van der Waals surface area contributed by atoms with Crippen LogP contribution in [0.15, 0.2) is 24.4 Å². The van der Waals surface area contributed by atoms with Crippen molar-refractivity contribution in [2.24, 2.45) is 0 Å². The number of benzene rings is 1. The SMILES string of the molecule is COc1ccc2ncc(N)nc2c1. The number of anilines is 1. The number of hydrogen-bond acceptors (Lipinski definition) is 4.